The molecular formula is C24H30ClN3O4. The normalized spacial score (nSPS) is 14.2. The van der Waals surface area contributed by atoms with E-state index in [1.54, 1.807) is 17.7 Å². The lowest BCUT2D eigenvalue weighted by Crippen LogP contribution is -2.40. The highest BCUT2D eigenvalue weighted by molar-refractivity contribution is 6.30. The number of hydrogen-bond acceptors (Lipinski definition) is 4. The van der Waals surface area contributed by atoms with Crippen molar-refractivity contribution >= 4 is 23.4 Å². The highest BCUT2D eigenvalue weighted by Gasteiger charge is 2.22. The van der Waals surface area contributed by atoms with Gasteiger partial charge in [-0.15, -0.1) is 0 Å². The summed E-state index contributed by atoms with van der Waals surface area (Å²) in [4.78, 5) is 38.7. The van der Waals surface area contributed by atoms with E-state index in [1.165, 1.54) is 18.8 Å². The van der Waals surface area contributed by atoms with Crippen molar-refractivity contribution in [1.82, 2.24) is 15.2 Å². The molecule has 2 amide bonds. The molecule has 1 aliphatic rings. The first kappa shape index (κ1) is 24.0. The monoisotopic (exact) mass is 459 g/mol. The lowest BCUT2D eigenvalue weighted by atomic mass is 9.95. The molecule has 172 valence electrons. The van der Waals surface area contributed by atoms with Gasteiger partial charge >= 0.3 is 0 Å². The number of aromatic nitrogens is 1. The Labute approximate surface area is 193 Å². The van der Waals surface area contributed by atoms with Crippen LogP contribution in [-0.2, 0) is 17.7 Å². The van der Waals surface area contributed by atoms with E-state index >= 15 is 0 Å². The van der Waals surface area contributed by atoms with Crippen molar-refractivity contribution in [3.63, 3.8) is 0 Å². The van der Waals surface area contributed by atoms with Gasteiger partial charge in [0.15, 0.2) is 0 Å². The predicted molar refractivity (Wildman–Crippen MR) is 124 cm³/mol. The number of halogens is 1. The average molecular weight is 460 g/mol. The van der Waals surface area contributed by atoms with E-state index in [2.05, 4.69) is 10.6 Å². The van der Waals surface area contributed by atoms with Gasteiger partial charge in [0.05, 0.1) is 6.61 Å². The molecule has 0 saturated heterocycles. The van der Waals surface area contributed by atoms with E-state index in [9.17, 15) is 14.4 Å². The van der Waals surface area contributed by atoms with Gasteiger partial charge in [-0.25, -0.2) is 0 Å². The largest absolute Gasteiger partial charge is 0.383 e. The van der Waals surface area contributed by atoms with Gasteiger partial charge in [0.1, 0.15) is 11.1 Å². The van der Waals surface area contributed by atoms with Crippen molar-refractivity contribution < 1.29 is 14.3 Å². The Balaban J connectivity index is 1.75. The highest BCUT2D eigenvalue weighted by atomic mass is 35.5. The molecule has 2 aromatic rings. The number of ether oxygens (including phenoxy) is 1. The van der Waals surface area contributed by atoms with Crippen LogP contribution in [0.3, 0.4) is 0 Å². The average Bonchev–Trinajstić information content (AvgIpc) is 2.79. The molecule has 8 heteroatoms. The molecule has 0 bridgehead atoms. The summed E-state index contributed by atoms with van der Waals surface area (Å²) in [5, 5.41) is 6.38. The van der Waals surface area contributed by atoms with Crippen molar-refractivity contribution in [3.05, 3.63) is 68.6 Å². The van der Waals surface area contributed by atoms with Crippen LogP contribution >= 0.6 is 11.6 Å². The zero-order valence-corrected chi connectivity index (χ0v) is 19.1. The molecule has 1 heterocycles. The first-order valence-electron chi connectivity index (χ1n) is 11.0. The molecule has 2 N–H and O–H groups in total. The highest BCUT2D eigenvalue weighted by Crippen LogP contribution is 2.17. The molecule has 1 aliphatic carbocycles. The molecule has 3 rings (SSSR count). The van der Waals surface area contributed by atoms with E-state index in [0.717, 1.165) is 31.2 Å². The maximum Gasteiger partial charge on any atom is 0.256 e. The number of nitrogens with one attached hydrogen (secondary N) is 2. The number of hydrogen-bond donors (Lipinski definition) is 2. The maximum atomic E-state index is 13.0. The number of benzene rings is 1. The van der Waals surface area contributed by atoms with Crippen LogP contribution < -0.4 is 16.1 Å². The Kier molecular flexibility index (Phi) is 8.88. The molecule has 0 atom stereocenters. The quantitative estimate of drug-likeness (QED) is 0.602. The minimum absolute atomic E-state index is 0.0193. The van der Waals surface area contributed by atoms with Crippen molar-refractivity contribution in [3.8, 4) is 0 Å². The van der Waals surface area contributed by atoms with Gasteiger partial charge in [0.25, 0.3) is 11.8 Å². The summed E-state index contributed by atoms with van der Waals surface area (Å²) in [6.45, 7) is 1.15. The van der Waals surface area contributed by atoms with Gasteiger partial charge in [0, 0.05) is 43.7 Å². The van der Waals surface area contributed by atoms with E-state index in [0.29, 0.717) is 31.1 Å². The standard InChI is InChI=1S/C24H30ClN3O4/c1-32-13-12-28-15-20(23(30)26-11-10-17-6-5-7-18(25)14-17)22(29)21(16-28)24(31)27-19-8-3-2-4-9-19/h5-7,14-16,19H,2-4,8-13H2,1H3,(H,26,30)(H,27,31). The number of nitrogens with zero attached hydrogens (tertiary/aromatic N) is 1. The van der Waals surface area contributed by atoms with Crippen LogP contribution in [0.25, 0.3) is 0 Å². The molecule has 0 unspecified atom stereocenters. The van der Waals surface area contributed by atoms with Crippen molar-refractivity contribution in [2.45, 2.75) is 51.1 Å². The molecule has 1 aromatic carbocycles. The lowest BCUT2D eigenvalue weighted by molar-refractivity contribution is 0.0925. The summed E-state index contributed by atoms with van der Waals surface area (Å²) in [5.74, 6) is -0.933. The SMILES string of the molecule is COCCn1cc(C(=O)NCCc2cccc(Cl)c2)c(=O)c(C(=O)NC2CCCCC2)c1. The molecule has 1 fully saturated rings. The summed E-state index contributed by atoms with van der Waals surface area (Å²) in [6.07, 6.45) is 8.68. The van der Waals surface area contributed by atoms with E-state index in [-0.39, 0.29) is 17.2 Å². The molecule has 0 spiro atoms. The van der Waals surface area contributed by atoms with Gasteiger partial charge in [-0.05, 0) is 37.0 Å². The molecule has 0 radical (unpaired) electrons. The van der Waals surface area contributed by atoms with Crippen LogP contribution in [0.15, 0.2) is 41.5 Å². The predicted octanol–water partition coefficient (Wildman–Crippen LogP) is 3.18. The topological polar surface area (TPSA) is 89.4 Å². The van der Waals surface area contributed by atoms with E-state index in [1.807, 2.05) is 18.2 Å². The molecule has 1 saturated carbocycles. The van der Waals surface area contributed by atoms with Crippen molar-refractivity contribution in [2.75, 3.05) is 20.3 Å². The van der Waals surface area contributed by atoms with E-state index in [4.69, 9.17) is 16.3 Å². The number of rotatable bonds is 9. The van der Waals surface area contributed by atoms with Crippen LogP contribution in [0.1, 0.15) is 58.4 Å². The van der Waals surface area contributed by atoms with Gasteiger partial charge in [0.2, 0.25) is 5.43 Å². The van der Waals surface area contributed by atoms with Gasteiger partial charge in [-0.2, -0.15) is 0 Å². The molecular weight excluding hydrogens is 430 g/mol. The number of methoxy groups -OCH3 is 1. The Hall–Kier alpha value is -2.64. The Morgan fingerprint density at radius 3 is 2.53 bits per heavy atom. The van der Waals surface area contributed by atoms with Gasteiger partial charge < -0.3 is 19.9 Å². The zero-order chi connectivity index (χ0) is 22.9. The second-order valence-corrected chi connectivity index (χ2v) is 8.53. The van der Waals surface area contributed by atoms with Crippen molar-refractivity contribution in [2.24, 2.45) is 0 Å². The van der Waals surface area contributed by atoms with Crippen molar-refractivity contribution in [1.29, 1.82) is 0 Å². The molecule has 32 heavy (non-hydrogen) atoms. The summed E-state index contributed by atoms with van der Waals surface area (Å²) in [7, 11) is 1.57. The fraction of sp³-hybridized carbons (Fsp3) is 0.458. The Morgan fingerprint density at radius 2 is 1.84 bits per heavy atom. The summed E-state index contributed by atoms with van der Waals surface area (Å²) < 4.78 is 6.77. The number of pyridine rings is 1. The third-order valence-electron chi connectivity index (χ3n) is 5.65. The van der Waals surface area contributed by atoms with Crippen LogP contribution in [0.4, 0.5) is 0 Å². The Morgan fingerprint density at radius 1 is 1.12 bits per heavy atom. The minimum Gasteiger partial charge on any atom is -0.383 e. The van der Waals surface area contributed by atoms with Crippen LogP contribution in [-0.4, -0.2) is 42.7 Å². The minimum atomic E-state index is -0.563. The second kappa shape index (κ2) is 11.8. The van der Waals surface area contributed by atoms with E-state index < -0.39 is 17.2 Å². The first-order valence-corrected chi connectivity index (χ1v) is 11.4. The number of carbonyl (C=O) groups excluding carboxylic acids is 2. The smallest absolute Gasteiger partial charge is 0.256 e. The Bertz CT molecular complexity index is 999. The van der Waals surface area contributed by atoms with Crippen LogP contribution in [0.5, 0.6) is 0 Å². The third-order valence-corrected chi connectivity index (χ3v) is 5.89. The van der Waals surface area contributed by atoms with Gasteiger partial charge in [-0.1, -0.05) is 43.0 Å². The van der Waals surface area contributed by atoms with Gasteiger partial charge in [-0.3, -0.25) is 14.4 Å². The van der Waals surface area contributed by atoms with Crippen LogP contribution in [0, 0.1) is 0 Å². The number of amides is 2. The summed E-state index contributed by atoms with van der Waals surface area (Å²) >= 11 is 6.00. The summed E-state index contributed by atoms with van der Waals surface area (Å²) in [6, 6.07) is 7.46. The molecule has 0 aliphatic heterocycles. The first-order chi connectivity index (χ1) is 15.5. The second-order valence-electron chi connectivity index (χ2n) is 8.09. The fourth-order valence-electron chi connectivity index (χ4n) is 3.90. The molecule has 7 nitrogen and oxygen atoms in total. The number of carbonyl (C=O) groups is 2. The zero-order valence-electron chi connectivity index (χ0n) is 18.4. The lowest BCUT2D eigenvalue weighted by Gasteiger charge is -2.23. The molecule has 1 aromatic heterocycles. The fourth-order valence-corrected chi connectivity index (χ4v) is 4.11. The van der Waals surface area contributed by atoms with Crippen LogP contribution in [0.2, 0.25) is 5.02 Å². The maximum absolute atomic E-state index is 13.0. The third kappa shape index (κ3) is 6.68. The summed E-state index contributed by atoms with van der Waals surface area (Å²) in [5.41, 5.74) is 0.348.